The zero-order chi connectivity index (χ0) is 17.3. The Kier molecular flexibility index (Phi) is 4.88. The van der Waals surface area contributed by atoms with E-state index < -0.39 is 0 Å². The molecule has 2 fully saturated rings. The number of likely N-dealkylation sites (tertiary alicyclic amines) is 2. The number of thiazole rings is 2. The van der Waals surface area contributed by atoms with E-state index in [1.54, 1.807) is 22.7 Å². The van der Waals surface area contributed by atoms with Crippen molar-refractivity contribution in [3.05, 3.63) is 32.7 Å². The standard InChI is InChI=1S/C18H24N4OS2/c1-14-20-15(13-25-14)11-22-17(23)3-5-18(22)4-2-8-21(9-6-18)12-16-19-7-10-24-16/h7,10,13H,2-6,8-9,11-12H2,1H3/t18-/m0/s1. The van der Waals surface area contributed by atoms with Crippen LogP contribution in [0.25, 0.3) is 0 Å². The third kappa shape index (κ3) is 3.64. The molecule has 2 aromatic rings. The first-order valence-electron chi connectivity index (χ1n) is 8.97. The molecule has 0 radical (unpaired) electrons. The van der Waals surface area contributed by atoms with Crippen LogP contribution < -0.4 is 0 Å². The van der Waals surface area contributed by atoms with E-state index >= 15 is 0 Å². The lowest BCUT2D eigenvalue weighted by Gasteiger charge is -2.38. The highest BCUT2D eigenvalue weighted by atomic mass is 32.1. The minimum atomic E-state index is 0.0340. The van der Waals surface area contributed by atoms with Gasteiger partial charge in [-0.1, -0.05) is 0 Å². The molecular weight excluding hydrogens is 352 g/mol. The Labute approximate surface area is 156 Å². The third-order valence-electron chi connectivity index (χ3n) is 5.52. The molecule has 25 heavy (non-hydrogen) atoms. The predicted octanol–water partition coefficient (Wildman–Crippen LogP) is 3.46. The van der Waals surface area contributed by atoms with Gasteiger partial charge >= 0.3 is 0 Å². The number of carbonyl (C=O) groups excluding carboxylic acids is 1. The maximum Gasteiger partial charge on any atom is 0.223 e. The van der Waals surface area contributed by atoms with Crippen molar-refractivity contribution in [1.29, 1.82) is 0 Å². The molecule has 1 atom stereocenters. The number of carbonyl (C=O) groups is 1. The predicted molar refractivity (Wildman–Crippen MR) is 101 cm³/mol. The van der Waals surface area contributed by atoms with Crippen LogP contribution in [-0.4, -0.2) is 44.3 Å². The van der Waals surface area contributed by atoms with Crippen LogP contribution >= 0.6 is 22.7 Å². The molecule has 0 aliphatic carbocycles. The molecular formula is C18H24N4OS2. The van der Waals surface area contributed by atoms with E-state index in [1.165, 1.54) is 5.01 Å². The van der Waals surface area contributed by atoms with E-state index in [0.717, 1.165) is 56.0 Å². The minimum absolute atomic E-state index is 0.0340. The van der Waals surface area contributed by atoms with Crippen LogP contribution in [0.15, 0.2) is 17.0 Å². The summed E-state index contributed by atoms with van der Waals surface area (Å²) in [5.41, 5.74) is 1.08. The summed E-state index contributed by atoms with van der Waals surface area (Å²) in [6.07, 6.45) is 6.89. The second-order valence-corrected chi connectivity index (χ2v) is 9.16. The van der Waals surface area contributed by atoms with E-state index in [0.29, 0.717) is 18.9 Å². The summed E-state index contributed by atoms with van der Waals surface area (Å²) in [6.45, 7) is 5.78. The number of nitrogens with zero attached hydrogens (tertiary/aromatic N) is 4. The smallest absolute Gasteiger partial charge is 0.223 e. The first kappa shape index (κ1) is 17.1. The lowest BCUT2D eigenvalue weighted by atomic mass is 9.87. The van der Waals surface area contributed by atoms with Crippen molar-refractivity contribution < 1.29 is 4.79 Å². The summed E-state index contributed by atoms with van der Waals surface area (Å²) in [6, 6.07) is 0. The SMILES string of the molecule is Cc1nc(CN2C(=O)CC[C@]23CCCN(Cc2nccs2)CC3)cs1. The van der Waals surface area contributed by atoms with Gasteiger partial charge in [-0.2, -0.15) is 0 Å². The molecule has 2 aromatic heterocycles. The second kappa shape index (κ2) is 7.13. The third-order valence-corrected chi connectivity index (χ3v) is 7.10. The van der Waals surface area contributed by atoms with Crippen molar-refractivity contribution in [2.75, 3.05) is 13.1 Å². The molecule has 4 rings (SSSR count). The van der Waals surface area contributed by atoms with Crippen molar-refractivity contribution in [3.63, 3.8) is 0 Å². The van der Waals surface area contributed by atoms with Gasteiger partial charge < -0.3 is 4.90 Å². The molecule has 2 saturated heterocycles. The number of hydrogen-bond donors (Lipinski definition) is 0. The van der Waals surface area contributed by atoms with Crippen molar-refractivity contribution >= 4 is 28.6 Å². The molecule has 134 valence electrons. The number of rotatable bonds is 4. The van der Waals surface area contributed by atoms with Crippen LogP contribution in [-0.2, 0) is 17.9 Å². The number of amides is 1. The Morgan fingerprint density at radius 2 is 2.12 bits per heavy atom. The second-order valence-electron chi connectivity index (χ2n) is 7.12. The monoisotopic (exact) mass is 376 g/mol. The summed E-state index contributed by atoms with van der Waals surface area (Å²) < 4.78 is 0. The fraction of sp³-hybridized carbons (Fsp3) is 0.611. The quantitative estimate of drug-likeness (QED) is 0.820. The average Bonchev–Trinajstić information content (AvgIpc) is 3.27. The fourth-order valence-electron chi connectivity index (χ4n) is 4.21. The largest absolute Gasteiger partial charge is 0.331 e. The lowest BCUT2D eigenvalue weighted by molar-refractivity contribution is -0.132. The Balaban J connectivity index is 1.46. The van der Waals surface area contributed by atoms with E-state index in [9.17, 15) is 4.79 Å². The molecule has 5 nitrogen and oxygen atoms in total. The maximum absolute atomic E-state index is 12.6. The van der Waals surface area contributed by atoms with Crippen molar-refractivity contribution in [2.45, 2.75) is 57.7 Å². The first-order chi connectivity index (χ1) is 12.1. The van der Waals surface area contributed by atoms with Gasteiger partial charge in [-0.05, 0) is 39.2 Å². The highest BCUT2D eigenvalue weighted by Crippen LogP contribution is 2.40. The molecule has 0 unspecified atom stereocenters. The lowest BCUT2D eigenvalue weighted by Crippen LogP contribution is -2.46. The van der Waals surface area contributed by atoms with Gasteiger partial charge in [0.05, 0.1) is 23.8 Å². The Morgan fingerprint density at radius 1 is 1.20 bits per heavy atom. The Hall–Kier alpha value is -1.31. The van der Waals surface area contributed by atoms with Gasteiger partial charge in [0, 0.05) is 35.5 Å². The van der Waals surface area contributed by atoms with E-state index in [-0.39, 0.29) is 5.54 Å². The molecule has 0 bridgehead atoms. The van der Waals surface area contributed by atoms with Crippen molar-refractivity contribution in [2.24, 2.45) is 0 Å². The molecule has 0 aromatic carbocycles. The summed E-state index contributed by atoms with van der Waals surface area (Å²) in [4.78, 5) is 26.2. The van der Waals surface area contributed by atoms with Crippen LogP contribution in [0.4, 0.5) is 0 Å². The number of aromatic nitrogens is 2. The van der Waals surface area contributed by atoms with Crippen LogP contribution in [0.1, 0.15) is 47.8 Å². The summed E-state index contributed by atoms with van der Waals surface area (Å²) >= 11 is 3.40. The van der Waals surface area contributed by atoms with Gasteiger partial charge in [-0.3, -0.25) is 9.69 Å². The molecule has 0 N–H and O–H groups in total. The van der Waals surface area contributed by atoms with Gasteiger partial charge in [0.2, 0.25) is 5.91 Å². The van der Waals surface area contributed by atoms with E-state index in [4.69, 9.17) is 0 Å². The molecule has 1 amide bonds. The van der Waals surface area contributed by atoms with Crippen LogP contribution in [0.2, 0.25) is 0 Å². The molecule has 1 spiro atoms. The zero-order valence-corrected chi connectivity index (χ0v) is 16.2. The Morgan fingerprint density at radius 3 is 2.88 bits per heavy atom. The summed E-state index contributed by atoms with van der Waals surface area (Å²) in [5, 5.41) is 6.40. The molecule has 4 heterocycles. The van der Waals surface area contributed by atoms with Crippen LogP contribution in [0.5, 0.6) is 0 Å². The topological polar surface area (TPSA) is 49.3 Å². The van der Waals surface area contributed by atoms with Crippen molar-refractivity contribution in [1.82, 2.24) is 19.8 Å². The Bertz CT molecular complexity index is 729. The number of hydrogen-bond acceptors (Lipinski definition) is 6. The average molecular weight is 377 g/mol. The van der Waals surface area contributed by atoms with Crippen LogP contribution in [0.3, 0.4) is 0 Å². The minimum Gasteiger partial charge on any atom is -0.331 e. The fourth-order valence-corrected chi connectivity index (χ4v) is 5.47. The van der Waals surface area contributed by atoms with Gasteiger partial charge in [-0.15, -0.1) is 22.7 Å². The molecule has 2 aliphatic heterocycles. The van der Waals surface area contributed by atoms with Crippen molar-refractivity contribution in [3.8, 4) is 0 Å². The highest BCUT2D eigenvalue weighted by molar-refractivity contribution is 7.09. The summed E-state index contributed by atoms with van der Waals surface area (Å²) in [7, 11) is 0. The first-order valence-corrected chi connectivity index (χ1v) is 10.7. The zero-order valence-electron chi connectivity index (χ0n) is 14.6. The van der Waals surface area contributed by atoms with Gasteiger partial charge in [-0.25, -0.2) is 9.97 Å². The number of aryl methyl sites for hydroxylation is 1. The van der Waals surface area contributed by atoms with Gasteiger partial charge in [0.15, 0.2) is 0 Å². The van der Waals surface area contributed by atoms with Gasteiger partial charge in [0.25, 0.3) is 0 Å². The maximum atomic E-state index is 12.6. The van der Waals surface area contributed by atoms with E-state index in [1.807, 2.05) is 18.5 Å². The summed E-state index contributed by atoms with van der Waals surface area (Å²) in [5.74, 6) is 0.305. The van der Waals surface area contributed by atoms with E-state index in [2.05, 4.69) is 25.1 Å². The van der Waals surface area contributed by atoms with Crippen LogP contribution in [0, 0.1) is 6.92 Å². The van der Waals surface area contributed by atoms with Gasteiger partial charge in [0.1, 0.15) is 5.01 Å². The normalized spacial score (nSPS) is 25.0. The molecule has 2 aliphatic rings. The molecule has 7 heteroatoms. The molecule has 0 saturated carbocycles. The highest BCUT2D eigenvalue weighted by Gasteiger charge is 2.45.